The van der Waals surface area contributed by atoms with Crippen molar-refractivity contribution < 1.29 is 0 Å². The number of allylic oxidation sites excluding steroid dienone is 1. The lowest BCUT2D eigenvalue weighted by Gasteiger charge is -2.22. The van der Waals surface area contributed by atoms with Crippen molar-refractivity contribution in [1.29, 1.82) is 0 Å². The first-order chi connectivity index (χ1) is 10.3. The second-order valence-corrected chi connectivity index (χ2v) is 5.05. The van der Waals surface area contributed by atoms with Crippen LogP contribution in [0.3, 0.4) is 0 Å². The van der Waals surface area contributed by atoms with Gasteiger partial charge in [0.25, 0.3) is 0 Å². The summed E-state index contributed by atoms with van der Waals surface area (Å²) in [5, 5.41) is 15.6. The number of fused-ring (bicyclic) bond motifs is 1. The zero-order valence-electron chi connectivity index (χ0n) is 10.7. The van der Waals surface area contributed by atoms with Crippen LogP contribution in [0.1, 0.15) is 17.3 Å². The number of halogens is 1. The molecule has 1 aromatic carbocycles. The summed E-state index contributed by atoms with van der Waals surface area (Å²) in [6, 6.07) is 7.46. The number of aromatic amines is 1. The zero-order chi connectivity index (χ0) is 14.2. The van der Waals surface area contributed by atoms with Gasteiger partial charge in [-0.2, -0.15) is 4.68 Å². The lowest BCUT2D eigenvalue weighted by molar-refractivity contribution is 0.576. The van der Waals surface area contributed by atoms with Gasteiger partial charge in [0.05, 0.1) is 18.2 Å². The minimum absolute atomic E-state index is 0.135. The molecule has 0 radical (unpaired) electrons. The number of H-pyrrole nitrogens is 1. The summed E-state index contributed by atoms with van der Waals surface area (Å²) >= 11 is 5.93. The molecule has 1 aliphatic rings. The van der Waals surface area contributed by atoms with Crippen molar-refractivity contribution in [2.45, 2.75) is 6.04 Å². The summed E-state index contributed by atoms with van der Waals surface area (Å²) in [6.45, 7) is 0. The number of imidazole rings is 1. The lowest BCUT2D eigenvalue weighted by Crippen LogP contribution is -2.20. The van der Waals surface area contributed by atoms with E-state index in [9.17, 15) is 0 Å². The minimum atomic E-state index is -0.135. The Morgan fingerprint density at radius 1 is 1.19 bits per heavy atom. The standard InChI is InChI=1S/C13H10ClN7/c14-9-3-1-8(2-4-9)10-5-12(11-6-15-7-16-11)21-13(17-10)18-19-20-21/h1-7,12H,(H,15,16)(H,17,18,20). The fourth-order valence-electron chi connectivity index (χ4n) is 2.30. The Labute approximate surface area is 124 Å². The Balaban J connectivity index is 1.80. The van der Waals surface area contributed by atoms with Gasteiger partial charge in [-0.25, -0.2) is 4.98 Å². The van der Waals surface area contributed by atoms with E-state index in [1.165, 1.54) is 0 Å². The molecule has 0 bridgehead atoms. The summed E-state index contributed by atoms with van der Waals surface area (Å²) in [7, 11) is 0. The average Bonchev–Trinajstić information content (AvgIpc) is 3.18. The van der Waals surface area contributed by atoms with Crippen molar-refractivity contribution in [2.24, 2.45) is 0 Å². The number of nitrogens with zero attached hydrogens (tertiary/aromatic N) is 5. The molecule has 1 unspecified atom stereocenters. The van der Waals surface area contributed by atoms with E-state index in [-0.39, 0.29) is 6.04 Å². The van der Waals surface area contributed by atoms with Gasteiger partial charge in [0.2, 0.25) is 5.95 Å². The summed E-state index contributed by atoms with van der Waals surface area (Å²) in [4.78, 5) is 7.16. The Kier molecular flexibility index (Phi) is 2.71. The molecule has 2 N–H and O–H groups in total. The number of nitrogens with one attached hydrogen (secondary N) is 2. The van der Waals surface area contributed by atoms with Crippen LogP contribution in [0.25, 0.3) is 5.70 Å². The number of rotatable bonds is 2. The SMILES string of the molecule is Clc1ccc(C2=CC(c3cnc[nH]3)n3nnnc3N2)cc1. The predicted octanol–water partition coefficient (Wildman–Crippen LogP) is 2.11. The molecular formula is C13H10ClN7. The van der Waals surface area contributed by atoms with E-state index in [2.05, 4.69) is 30.8 Å². The Morgan fingerprint density at radius 2 is 2.05 bits per heavy atom. The van der Waals surface area contributed by atoms with Gasteiger partial charge in [0, 0.05) is 10.7 Å². The first-order valence-corrected chi connectivity index (χ1v) is 6.70. The maximum atomic E-state index is 5.93. The maximum Gasteiger partial charge on any atom is 0.248 e. The van der Waals surface area contributed by atoms with Crippen LogP contribution in [-0.4, -0.2) is 30.2 Å². The molecular weight excluding hydrogens is 290 g/mol. The van der Waals surface area contributed by atoms with Crippen LogP contribution in [0.15, 0.2) is 42.9 Å². The molecule has 3 aromatic rings. The normalized spacial score (nSPS) is 17.0. The molecule has 1 atom stereocenters. The molecule has 4 rings (SSSR count). The van der Waals surface area contributed by atoms with Crippen molar-refractivity contribution in [3.63, 3.8) is 0 Å². The number of aromatic nitrogens is 6. The maximum absolute atomic E-state index is 5.93. The second kappa shape index (κ2) is 4.71. The van der Waals surface area contributed by atoms with Gasteiger partial charge < -0.3 is 10.3 Å². The van der Waals surface area contributed by atoms with E-state index in [4.69, 9.17) is 11.6 Å². The first kappa shape index (κ1) is 12.1. The summed E-state index contributed by atoms with van der Waals surface area (Å²) in [5.74, 6) is 0.585. The summed E-state index contributed by atoms with van der Waals surface area (Å²) in [5.41, 5.74) is 2.85. The van der Waals surface area contributed by atoms with Gasteiger partial charge in [-0.1, -0.05) is 28.8 Å². The van der Waals surface area contributed by atoms with Crippen molar-refractivity contribution >= 4 is 23.2 Å². The molecule has 0 fully saturated rings. The van der Waals surface area contributed by atoms with Crippen molar-refractivity contribution in [3.8, 4) is 0 Å². The van der Waals surface area contributed by atoms with E-state index in [1.807, 2.05) is 30.3 Å². The Bertz CT molecular complexity index is 788. The molecule has 1 aliphatic heterocycles. The highest BCUT2D eigenvalue weighted by Gasteiger charge is 2.25. The van der Waals surface area contributed by atoms with Gasteiger partial charge in [-0.3, -0.25) is 0 Å². The number of tetrazole rings is 1. The molecule has 0 aliphatic carbocycles. The third-order valence-electron chi connectivity index (χ3n) is 3.32. The van der Waals surface area contributed by atoms with Crippen LogP contribution in [0.4, 0.5) is 5.95 Å². The molecule has 2 aromatic heterocycles. The van der Waals surface area contributed by atoms with Crippen molar-refractivity contribution in [2.75, 3.05) is 5.32 Å². The number of hydrogen-bond acceptors (Lipinski definition) is 5. The van der Waals surface area contributed by atoms with E-state index >= 15 is 0 Å². The van der Waals surface area contributed by atoms with Crippen LogP contribution in [0.5, 0.6) is 0 Å². The summed E-state index contributed by atoms with van der Waals surface area (Å²) < 4.78 is 1.70. The van der Waals surface area contributed by atoms with Crippen molar-refractivity contribution in [3.05, 3.63) is 59.1 Å². The van der Waals surface area contributed by atoms with Crippen LogP contribution in [0, 0.1) is 0 Å². The lowest BCUT2D eigenvalue weighted by atomic mass is 10.1. The first-order valence-electron chi connectivity index (χ1n) is 6.32. The third-order valence-corrected chi connectivity index (χ3v) is 3.57. The quantitative estimate of drug-likeness (QED) is 0.757. The second-order valence-electron chi connectivity index (χ2n) is 4.61. The van der Waals surface area contributed by atoms with Crippen LogP contribution in [-0.2, 0) is 0 Å². The fourth-order valence-corrected chi connectivity index (χ4v) is 2.43. The molecule has 104 valence electrons. The fraction of sp³-hybridized carbons (Fsp3) is 0.0769. The highest BCUT2D eigenvalue weighted by molar-refractivity contribution is 6.30. The average molecular weight is 300 g/mol. The number of hydrogen-bond donors (Lipinski definition) is 2. The third kappa shape index (κ3) is 2.07. The van der Waals surface area contributed by atoms with Gasteiger partial charge in [0.1, 0.15) is 6.04 Å². The smallest absolute Gasteiger partial charge is 0.248 e. The van der Waals surface area contributed by atoms with Gasteiger partial charge in [-0.05, 0) is 34.2 Å². The van der Waals surface area contributed by atoms with Crippen LogP contribution >= 0.6 is 11.6 Å². The topological polar surface area (TPSA) is 84.3 Å². The molecule has 8 heteroatoms. The number of anilines is 1. The molecule has 21 heavy (non-hydrogen) atoms. The van der Waals surface area contributed by atoms with Crippen molar-refractivity contribution in [1.82, 2.24) is 30.2 Å². The monoisotopic (exact) mass is 299 g/mol. The summed E-state index contributed by atoms with van der Waals surface area (Å²) in [6.07, 6.45) is 5.44. The van der Waals surface area contributed by atoms with E-state index in [0.29, 0.717) is 11.0 Å². The Hall–Kier alpha value is -2.67. The minimum Gasteiger partial charge on any atom is -0.346 e. The molecule has 7 nitrogen and oxygen atoms in total. The Morgan fingerprint density at radius 3 is 2.81 bits per heavy atom. The number of benzene rings is 1. The van der Waals surface area contributed by atoms with Gasteiger partial charge >= 0.3 is 0 Å². The van der Waals surface area contributed by atoms with E-state index in [0.717, 1.165) is 17.0 Å². The predicted molar refractivity (Wildman–Crippen MR) is 77.6 cm³/mol. The zero-order valence-corrected chi connectivity index (χ0v) is 11.5. The largest absolute Gasteiger partial charge is 0.346 e. The highest BCUT2D eigenvalue weighted by atomic mass is 35.5. The van der Waals surface area contributed by atoms with E-state index < -0.39 is 0 Å². The molecule has 0 amide bonds. The molecule has 0 saturated heterocycles. The van der Waals surface area contributed by atoms with Crippen LogP contribution < -0.4 is 5.32 Å². The molecule has 0 spiro atoms. The van der Waals surface area contributed by atoms with Gasteiger partial charge in [0.15, 0.2) is 0 Å². The van der Waals surface area contributed by atoms with Crippen LogP contribution in [0.2, 0.25) is 5.02 Å². The molecule has 3 heterocycles. The van der Waals surface area contributed by atoms with E-state index in [1.54, 1.807) is 17.2 Å². The highest BCUT2D eigenvalue weighted by Crippen LogP contribution is 2.30. The molecule has 0 saturated carbocycles. The van der Waals surface area contributed by atoms with Gasteiger partial charge in [-0.15, -0.1) is 0 Å².